The maximum absolute atomic E-state index is 13.0. The molecule has 0 saturated heterocycles. The van der Waals surface area contributed by atoms with Gasteiger partial charge in [0.2, 0.25) is 5.13 Å². The van der Waals surface area contributed by atoms with E-state index < -0.39 is 22.6 Å². The van der Waals surface area contributed by atoms with Crippen molar-refractivity contribution in [2.45, 2.75) is 6.18 Å². The Morgan fingerprint density at radius 2 is 1.97 bits per heavy atom. The molecule has 0 unspecified atom stereocenters. The first kappa shape index (κ1) is 19.5. The molecule has 2 aromatic carbocycles. The Bertz CT molecular complexity index is 1270. The van der Waals surface area contributed by atoms with Crippen LogP contribution in [0.3, 0.4) is 0 Å². The van der Waals surface area contributed by atoms with E-state index in [0.717, 1.165) is 34.7 Å². The molecule has 1 amide bonds. The van der Waals surface area contributed by atoms with Crippen molar-refractivity contribution in [2.75, 3.05) is 5.01 Å². The normalized spacial score (nSPS) is 15.8. The summed E-state index contributed by atoms with van der Waals surface area (Å²) in [4.78, 5) is 27.4. The number of alkyl halides is 3. The van der Waals surface area contributed by atoms with Gasteiger partial charge in [-0.25, -0.2) is 4.98 Å². The molecular formula is C18H10F3N5O3S. The number of carbonyl (C=O) groups is 1. The molecule has 1 aliphatic rings. The third-order valence-electron chi connectivity index (χ3n) is 4.26. The number of nitrogens with two attached hydrogens (primary N) is 1. The predicted molar refractivity (Wildman–Crippen MR) is 104 cm³/mol. The van der Waals surface area contributed by atoms with E-state index in [1.54, 1.807) is 0 Å². The second kappa shape index (κ2) is 6.91. The molecule has 0 atom stereocenters. The highest BCUT2D eigenvalue weighted by molar-refractivity contribution is 7.22. The molecule has 0 fully saturated rings. The van der Waals surface area contributed by atoms with Gasteiger partial charge in [-0.3, -0.25) is 14.9 Å². The van der Waals surface area contributed by atoms with Crippen LogP contribution < -0.4 is 10.7 Å². The van der Waals surface area contributed by atoms with Crippen LogP contribution in [-0.2, 0) is 11.0 Å². The Hall–Kier alpha value is -3.80. The first-order valence-corrected chi connectivity index (χ1v) is 9.08. The molecule has 1 aliphatic heterocycles. The predicted octanol–water partition coefficient (Wildman–Crippen LogP) is 3.82. The number of carbonyl (C=O) groups excluding carboxylic acids is 1. The van der Waals surface area contributed by atoms with Crippen LogP contribution in [0.2, 0.25) is 0 Å². The summed E-state index contributed by atoms with van der Waals surface area (Å²) in [7, 11) is 0. The number of hydrogen-bond acceptors (Lipinski definition) is 7. The van der Waals surface area contributed by atoms with Gasteiger partial charge in [-0.15, -0.1) is 0 Å². The number of rotatable bonds is 3. The van der Waals surface area contributed by atoms with E-state index in [1.165, 1.54) is 30.3 Å². The minimum absolute atomic E-state index is 0.0289. The number of halogens is 3. The number of fused-ring (bicyclic) bond motifs is 1. The zero-order valence-electron chi connectivity index (χ0n) is 14.8. The number of nitro benzene ring substituents is 1. The van der Waals surface area contributed by atoms with Crippen LogP contribution in [0.15, 0.2) is 59.3 Å². The summed E-state index contributed by atoms with van der Waals surface area (Å²) in [6.07, 6.45) is -3.59. The Morgan fingerprint density at radius 3 is 2.63 bits per heavy atom. The molecule has 0 radical (unpaired) electrons. The van der Waals surface area contributed by atoms with Crippen LogP contribution in [0.25, 0.3) is 10.2 Å². The van der Waals surface area contributed by atoms with E-state index in [-0.39, 0.29) is 27.7 Å². The molecule has 2 N–H and O–H groups in total. The first-order valence-electron chi connectivity index (χ1n) is 8.27. The zero-order valence-corrected chi connectivity index (χ0v) is 15.6. The lowest BCUT2D eigenvalue weighted by molar-refractivity contribution is -0.384. The van der Waals surface area contributed by atoms with Crippen molar-refractivity contribution < 1.29 is 22.9 Å². The highest BCUT2D eigenvalue weighted by atomic mass is 32.1. The Labute approximate surface area is 169 Å². The number of benzene rings is 2. The number of hydrazone groups is 1. The quantitative estimate of drug-likeness (QED) is 0.383. The summed E-state index contributed by atoms with van der Waals surface area (Å²) in [5.74, 6) is -0.668. The smallest absolute Gasteiger partial charge is 0.404 e. The highest BCUT2D eigenvalue weighted by Crippen LogP contribution is 2.35. The number of nitro groups is 1. The zero-order chi connectivity index (χ0) is 21.6. The molecule has 8 nitrogen and oxygen atoms in total. The number of hydrogen-bond donors (Lipinski definition) is 1. The number of anilines is 1. The lowest BCUT2D eigenvalue weighted by Gasteiger charge is -2.08. The van der Waals surface area contributed by atoms with Gasteiger partial charge in [0.25, 0.3) is 11.6 Å². The lowest BCUT2D eigenvalue weighted by Crippen LogP contribution is -2.21. The standard InChI is InChI=1S/C18H10F3N5O3S/c19-18(20,21)10-3-1-2-9(6-10)15-12(8-22)16(27)25(24-15)17-23-13-5-4-11(26(28)29)7-14(13)30-17/h1-8H,22H2/b12-8+. The molecule has 0 saturated carbocycles. The summed E-state index contributed by atoms with van der Waals surface area (Å²) in [6, 6.07) is 8.40. The minimum atomic E-state index is -4.56. The minimum Gasteiger partial charge on any atom is -0.404 e. The fourth-order valence-corrected chi connectivity index (χ4v) is 3.80. The SMILES string of the molecule is N/C=C1/C(=O)N(c2nc3ccc([N+](=O)[O-])cc3s2)N=C1c1cccc(C(F)(F)F)c1. The Balaban J connectivity index is 1.79. The van der Waals surface area contributed by atoms with E-state index in [0.29, 0.717) is 10.2 Å². The molecular weight excluding hydrogens is 423 g/mol. The second-order valence-electron chi connectivity index (χ2n) is 6.13. The van der Waals surface area contributed by atoms with Crippen LogP contribution in [-0.4, -0.2) is 21.5 Å². The van der Waals surface area contributed by atoms with Gasteiger partial charge in [-0.2, -0.15) is 23.3 Å². The maximum Gasteiger partial charge on any atom is 0.416 e. The third-order valence-corrected chi connectivity index (χ3v) is 5.25. The number of non-ortho nitro benzene ring substituents is 1. The summed E-state index contributed by atoms with van der Waals surface area (Å²) in [5.41, 5.74) is 4.87. The van der Waals surface area contributed by atoms with Crippen LogP contribution >= 0.6 is 11.3 Å². The van der Waals surface area contributed by atoms with E-state index in [1.807, 2.05) is 0 Å². The summed E-state index contributed by atoms with van der Waals surface area (Å²) in [5, 5.41) is 16.1. The van der Waals surface area contributed by atoms with Crippen LogP contribution in [0.1, 0.15) is 11.1 Å². The number of amides is 1. The van der Waals surface area contributed by atoms with Crippen molar-refractivity contribution in [1.82, 2.24) is 4.98 Å². The molecule has 12 heteroatoms. The molecule has 3 aromatic rings. The molecule has 1 aromatic heterocycles. The van der Waals surface area contributed by atoms with E-state index in [9.17, 15) is 28.1 Å². The van der Waals surface area contributed by atoms with Gasteiger partial charge in [0.05, 0.1) is 26.3 Å². The van der Waals surface area contributed by atoms with Crippen LogP contribution in [0, 0.1) is 10.1 Å². The number of nitrogens with zero attached hydrogens (tertiary/aromatic N) is 4. The molecule has 152 valence electrons. The molecule has 0 spiro atoms. The van der Waals surface area contributed by atoms with Gasteiger partial charge < -0.3 is 5.73 Å². The monoisotopic (exact) mass is 433 g/mol. The van der Waals surface area contributed by atoms with Gasteiger partial charge >= 0.3 is 6.18 Å². The van der Waals surface area contributed by atoms with Crippen LogP contribution in [0.5, 0.6) is 0 Å². The van der Waals surface area contributed by atoms with Crippen molar-refractivity contribution >= 4 is 44.0 Å². The second-order valence-corrected chi connectivity index (χ2v) is 7.14. The van der Waals surface area contributed by atoms with Crippen molar-refractivity contribution in [3.05, 3.63) is 75.5 Å². The highest BCUT2D eigenvalue weighted by Gasteiger charge is 2.36. The fourth-order valence-electron chi connectivity index (χ4n) is 2.86. The number of aromatic nitrogens is 1. The molecule has 2 heterocycles. The first-order chi connectivity index (χ1) is 14.2. The van der Waals surface area contributed by atoms with Crippen molar-refractivity contribution in [2.24, 2.45) is 10.8 Å². The molecule has 0 aliphatic carbocycles. The van der Waals surface area contributed by atoms with Gasteiger partial charge in [0, 0.05) is 23.9 Å². The van der Waals surface area contributed by atoms with Gasteiger partial charge in [0.1, 0.15) is 5.71 Å². The van der Waals surface area contributed by atoms with Crippen molar-refractivity contribution in [3.8, 4) is 0 Å². The molecule has 30 heavy (non-hydrogen) atoms. The largest absolute Gasteiger partial charge is 0.416 e. The topological polar surface area (TPSA) is 115 Å². The van der Waals surface area contributed by atoms with E-state index >= 15 is 0 Å². The average Bonchev–Trinajstić information content (AvgIpc) is 3.27. The van der Waals surface area contributed by atoms with Crippen molar-refractivity contribution in [3.63, 3.8) is 0 Å². The van der Waals surface area contributed by atoms with E-state index in [2.05, 4.69) is 10.1 Å². The van der Waals surface area contributed by atoms with Gasteiger partial charge in [-0.05, 0) is 18.2 Å². The van der Waals surface area contributed by atoms with Crippen LogP contribution in [0.4, 0.5) is 24.0 Å². The third kappa shape index (κ3) is 3.26. The Kier molecular flexibility index (Phi) is 4.50. The summed E-state index contributed by atoms with van der Waals surface area (Å²) >= 11 is 0.981. The Morgan fingerprint density at radius 1 is 1.20 bits per heavy atom. The van der Waals surface area contributed by atoms with E-state index in [4.69, 9.17) is 5.73 Å². The average molecular weight is 433 g/mol. The lowest BCUT2D eigenvalue weighted by atomic mass is 10.0. The van der Waals surface area contributed by atoms with Gasteiger partial charge in [0.15, 0.2) is 0 Å². The number of thiazole rings is 1. The summed E-state index contributed by atoms with van der Waals surface area (Å²) < 4.78 is 39.6. The molecule has 4 rings (SSSR count). The van der Waals surface area contributed by atoms with Crippen molar-refractivity contribution in [1.29, 1.82) is 0 Å². The van der Waals surface area contributed by atoms with Gasteiger partial charge in [-0.1, -0.05) is 23.5 Å². The molecule has 0 bridgehead atoms. The maximum atomic E-state index is 13.0. The summed E-state index contributed by atoms with van der Waals surface area (Å²) in [6.45, 7) is 0. The fraction of sp³-hybridized carbons (Fsp3) is 0.0556.